The summed E-state index contributed by atoms with van der Waals surface area (Å²) in [5.41, 5.74) is 2.66. The lowest BCUT2D eigenvalue weighted by molar-refractivity contribution is 0.0116. The molecule has 6 heteroatoms. The van der Waals surface area contributed by atoms with Crippen molar-refractivity contribution < 1.29 is 27.0 Å². The first-order chi connectivity index (χ1) is 18.4. The monoisotopic (exact) mass is 528 g/mol. The smallest absolute Gasteiger partial charge is 0.200 e. The van der Waals surface area contributed by atoms with Gasteiger partial charge in [0, 0.05) is 11.1 Å². The number of hydrogen-bond acceptors (Lipinski definition) is 2. The topological polar surface area (TPSA) is 18.5 Å². The van der Waals surface area contributed by atoms with Crippen LogP contribution in [0.15, 0.2) is 48.5 Å². The Balaban J connectivity index is 1.34. The van der Waals surface area contributed by atoms with E-state index in [4.69, 9.17) is 9.47 Å². The molecule has 0 spiro atoms. The van der Waals surface area contributed by atoms with Gasteiger partial charge in [-0.2, -0.15) is 4.39 Å². The molecular weight excluding hydrogens is 492 g/mol. The van der Waals surface area contributed by atoms with Crippen LogP contribution in [0.5, 0.6) is 5.75 Å². The predicted octanol–water partition coefficient (Wildman–Crippen LogP) is 9.28. The lowest BCUT2D eigenvalue weighted by atomic mass is 9.82. The Bertz CT molecular complexity index is 1200. The molecule has 0 heterocycles. The lowest BCUT2D eigenvalue weighted by Crippen LogP contribution is -2.21. The first-order valence-electron chi connectivity index (χ1n) is 13.7. The molecule has 0 bridgehead atoms. The molecule has 0 amide bonds. The zero-order chi connectivity index (χ0) is 27.1. The van der Waals surface area contributed by atoms with E-state index in [0.717, 1.165) is 19.3 Å². The van der Waals surface area contributed by atoms with Crippen LogP contribution in [0.25, 0.3) is 11.1 Å². The maximum atomic E-state index is 15.2. The second kappa shape index (κ2) is 13.3. The van der Waals surface area contributed by atoms with E-state index < -0.39 is 23.3 Å². The van der Waals surface area contributed by atoms with Crippen molar-refractivity contribution in [2.75, 3.05) is 6.61 Å². The van der Waals surface area contributed by atoms with Gasteiger partial charge in [0.25, 0.3) is 0 Å². The van der Waals surface area contributed by atoms with Crippen molar-refractivity contribution in [1.82, 2.24) is 0 Å². The molecule has 0 unspecified atom stereocenters. The molecule has 3 aromatic carbocycles. The average Bonchev–Trinajstić information content (AvgIpc) is 2.93. The Hall–Kier alpha value is -2.86. The first-order valence-corrected chi connectivity index (χ1v) is 13.7. The number of ether oxygens (including phenoxy) is 2. The minimum atomic E-state index is -1.01. The Morgan fingerprint density at radius 1 is 0.737 bits per heavy atom. The van der Waals surface area contributed by atoms with Crippen molar-refractivity contribution >= 4 is 0 Å². The van der Waals surface area contributed by atoms with Crippen LogP contribution in [0.3, 0.4) is 0 Å². The summed E-state index contributed by atoms with van der Waals surface area (Å²) in [5, 5.41) is 0. The highest BCUT2D eigenvalue weighted by atomic mass is 19.2. The predicted molar refractivity (Wildman–Crippen MR) is 142 cm³/mol. The van der Waals surface area contributed by atoms with Crippen LogP contribution >= 0.6 is 0 Å². The van der Waals surface area contributed by atoms with Gasteiger partial charge in [-0.25, -0.2) is 13.2 Å². The summed E-state index contributed by atoms with van der Waals surface area (Å²) in [7, 11) is 0. The van der Waals surface area contributed by atoms with Gasteiger partial charge in [0.05, 0.1) is 19.3 Å². The number of benzene rings is 3. The van der Waals surface area contributed by atoms with Gasteiger partial charge in [-0.1, -0.05) is 56.2 Å². The molecule has 0 saturated heterocycles. The number of rotatable bonds is 11. The fraction of sp³-hybridized carbons (Fsp3) is 0.438. The van der Waals surface area contributed by atoms with Gasteiger partial charge < -0.3 is 9.47 Å². The quantitative estimate of drug-likeness (QED) is 0.182. The van der Waals surface area contributed by atoms with Crippen molar-refractivity contribution in [1.29, 1.82) is 0 Å². The highest BCUT2D eigenvalue weighted by molar-refractivity contribution is 5.65. The zero-order valence-electron chi connectivity index (χ0n) is 22.2. The van der Waals surface area contributed by atoms with E-state index in [9.17, 15) is 8.78 Å². The Labute approximate surface area is 223 Å². The fourth-order valence-corrected chi connectivity index (χ4v) is 5.23. The largest absolute Gasteiger partial charge is 0.491 e. The highest BCUT2D eigenvalue weighted by Crippen LogP contribution is 2.38. The number of hydrogen-bond donors (Lipinski definition) is 0. The third kappa shape index (κ3) is 6.58. The molecule has 2 nitrogen and oxygen atoms in total. The summed E-state index contributed by atoms with van der Waals surface area (Å²) in [5.74, 6) is -3.81. The maximum absolute atomic E-state index is 15.2. The zero-order valence-corrected chi connectivity index (χ0v) is 22.2. The molecule has 0 radical (unpaired) electrons. The Morgan fingerprint density at radius 3 is 2.16 bits per heavy atom. The fourth-order valence-electron chi connectivity index (χ4n) is 5.23. The van der Waals surface area contributed by atoms with Crippen molar-refractivity contribution in [2.45, 2.75) is 83.8 Å². The van der Waals surface area contributed by atoms with E-state index in [-0.39, 0.29) is 42.1 Å². The van der Waals surface area contributed by atoms with E-state index in [1.807, 2.05) is 24.3 Å². The van der Waals surface area contributed by atoms with Gasteiger partial charge in [-0.15, -0.1) is 0 Å². The highest BCUT2D eigenvalue weighted by Gasteiger charge is 2.27. The molecule has 204 valence electrons. The third-order valence-electron chi connectivity index (χ3n) is 7.46. The molecule has 1 saturated carbocycles. The standard InChI is InChI=1S/C32H36F4O2/c1-3-5-6-7-21-8-10-22(11-9-21)26-17-18-27(31(35)30(26)34)23-12-15-25(16-13-23)38-20-24-14-19-28(37-4-2)32(36)29(24)33/h8-11,14,17-19,23,25H,3-7,12-13,15-16,20H2,1-2H3. The molecule has 4 rings (SSSR count). The average molecular weight is 529 g/mol. The van der Waals surface area contributed by atoms with Crippen LogP contribution in [-0.2, 0) is 17.8 Å². The minimum Gasteiger partial charge on any atom is -0.491 e. The molecule has 1 aliphatic carbocycles. The molecule has 38 heavy (non-hydrogen) atoms. The van der Waals surface area contributed by atoms with Gasteiger partial charge in [0.1, 0.15) is 0 Å². The van der Waals surface area contributed by atoms with E-state index in [0.29, 0.717) is 36.8 Å². The van der Waals surface area contributed by atoms with Crippen LogP contribution in [0.2, 0.25) is 0 Å². The molecule has 3 aromatic rings. The second-order valence-electron chi connectivity index (χ2n) is 10.1. The number of halogens is 4. The normalized spacial score (nSPS) is 17.5. The van der Waals surface area contributed by atoms with Crippen LogP contribution in [0, 0.1) is 23.3 Å². The van der Waals surface area contributed by atoms with Crippen LogP contribution in [-0.4, -0.2) is 12.7 Å². The SMILES string of the molecule is CCCCCc1ccc(-c2ccc(C3CCC(OCc4ccc(OCC)c(F)c4F)CC3)c(F)c2F)cc1. The number of unbranched alkanes of at least 4 members (excludes halogenated alkanes) is 2. The third-order valence-corrected chi connectivity index (χ3v) is 7.46. The van der Waals surface area contributed by atoms with Crippen molar-refractivity contribution in [3.63, 3.8) is 0 Å². The van der Waals surface area contributed by atoms with E-state index in [2.05, 4.69) is 6.92 Å². The summed E-state index contributed by atoms with van der Waals surface area (Å²) >= 11 is 0. The molecule has 1 aliphatic rings. The van der Waals surface area contributed by atoms with Crippen molar-refractivity contribution in [3.8, 4) is 16.9 Å². The molecule has 0 aliphatic heterocycles. The Morgan fingerprint density at radius 2 is 1.47 bits per heavy atom. The summed E-state index contributed by atoms with van der Waals surface area (Å²) in [6, 6.07) is 13.9. The summed E-state index contributed by atoms with van der Waals surface area (Å²) < 4.78 is 69.6. The van der Waals surface area contributed by atoms with Gasteiger partial charge in [-0.3, -0.25) is 0 Å². The second-order valence-corrected chi connectivity index (χ2v) is 10.1. The van der Waals surface area contributed by atoms with Crippen molar-refractivity contribution in [3.05, 3.63) is 88.5 Å². The molecule has 0 N–H and O–H groups in total. The molecular formula is C32H36F4O2. The minimum absolute atomic E-state index is 0.0560. The maximum Gasteiger partial charge on any atom is 0.200 e. The van der Waals surface area contributed by atoms with Crippen LogP contribution < -0.4 is 4.74 Å². The molecule has 0 aromatic heterocycles. The first kappa shape index (κ1) is 28.2. The van der Waals surface area contributed by atoms with E-state index in [1.165, 1.54) is 24.1 Å². The van der Waals surface area contributed by atoms with Gasteiger partial charge >= 0.3 is 0 Å². The lowest BCUT2D eigenvalue weighted by Gasteiger charge is -2.29. The van der Waals surface area contributed by atoms with Crippen LogP contribution in [0.1, 0.15) is 81.4 Å². The number of aryl methyl sites for hydroxylation is 1. The van der Waals surface area contributed by atoms with Gasteiger partial charge in [-0.05, 0) is 80.2 Å². The molecule has 0 atom stereocenters. The van der Waals surface area contributed by atoms with E-state index >= 15 is 8.78 Å². The van der Waals surface area contributed by atoms with Gasteiger partial charge in [0.2, 0.25) is 5.82 Å². The Kier molecular flexibility index (Phi) is 9.84. The summed E-state index contributed by atoms with van der Waals surface area (Å²) in [6.45, 7) is 4.06. The van der Waals surface area contributed by atoms with Crippen LogP contribution in [0.4, 0.5) is 17.6 Å². The summed E-state index contributed by atoms with van der Waals surface area (Å²) in [4.78, 5) is 0. The molecule has 1 fully saturated rings. The van der Waals surface area contributed by atoms with Crippen molar-refractivity contribution in [2.24, 2.45) is 0 Å². The summed E-state index contributed by atoms with van der Waals surface area (Å²) in [6.07, 6.45) is 6.83. The van der Waals surface area contributed by atoms with Gasteiger partial charge in [0.15, 0.2) is 23.2 Å². The van der Waals surface area contributed by atoms with E-state index in [1.54, 1.807) is 19.1 Å².